The summed E-state index contributed by atoms with van der Waals surface area (Å²) in [6.07, 6.45) is 3.44. The smallest absolute Gasteiger partial charge is 0.308 e. The lowest BCUT2D eigenvalue weighted by molar-refractivity contribution is -0.148. The SMILES string of the molecule is CC(C)(CNCC(CC(=O)O)C(=O)O)C1CCC1. The van der Waals surface area contributed by atoms with Crippen LogP contribution in [0.1, 0.15) is 39.5 Å². The van der Waals surface area contributed by atoms with Gasteiger partial charge in [0.05, 0.1) is 12.3 Å². The zero-order valence-corrected chi connectivity index (χ0v) is 11.1. The number of carboxylic acid groups (broad SMARTS) is 2. The van der Waals surface area contributed by atoms with E-state index in [9.17, 15) is 9.59 Å². The number of carboxylic acids is 2. The zero-order valence-electron chi connectivity index (χ0n) is 11.1. The van der Waals surface area contributed by atoms with Crippen LogP contribution in [0.4, 0.5) is 0 Å². The summed E-state index contributed by atoms with van der Waals surface area (Å²) in [5, 5.41) is 20.7. The van der Waals surface area contributed by atoms with Crippen molar-refractivity contribution >= 4 is 11.9 Å². The minimum absolute atomic E-state index is 0.157. The third kappa shape index (κ3) is 4.29. The molecule has 1 saturated carbocycles. The second-order valence-electron chi connectivity index (χ2n) is 5.88. The average molecular weight is 257 g/mol. The van der Waals surface area contributed by atoms with Crippen LogP contribution < -0.4 is 5.32 Å². The van der Waals surface area contributed by atoms with Gasteiger partial charge in [-0.05, 0) is 24.2 Å². The first kappa shape index (κ1) is 15.0. The fourth-order valence-electron chi connectivity index (χ4n) is 2.36. The quantitative estimate of drug-likeness (QED) is 0.614. The normalized spacial score (nSPS) is 18.1. The molecule has 0 aromatic carbocycles. The van der Waals surface area contributed by atoms with Crippen LogP contribution >= 0.6 is 0 Å². The number of rotatable bonds is 8. The first-order valence-electron chi connectivity index (χ1n) is 6.48. The Hall–Kier alpha value is -1.10. The molecule has 5 heteroatoms. The van der Waals surface area contributed by atoms with Gasteiger partial charge in [-0.2, -0.15) is 0 Å². The molecule has 0 aromatic heterocycles. The summed E-state index contributed by atoms with van der Waals surface area (Å²) in [5.41, 5.74) is 0.157. The van der Waals surface area contributed by atoms with Crippen molar-refractivity contribution in [3.8, 4) is 0 Å². The minimum Gasteiger partial charge on any atom is -0.481 e. The lowest BCUT2D eigenvalue weighted by atomic mass is 9.67. The first-order valence-corrected chi connectivity index (χ1v) is 6.48. The fraction of sp³-hybridized carbons (Fsp3) is 0.846. The van der Waals surface area contributed by atoms with Gasteiger partial charge in [0.25, 0.3) is 0 Å². The molecule has 1 atom stereocenters. The van der Waals surface area contributed by atoms with Gasteiger partial charge in [0, 0.05) is 13.1 Å². The van der Waals surface area contributed by atoms with Gasteiger partial charge in [-0.3, -0.25) is 9.59 Å². The highest BCUT2D eigenvalue weighted by molar-refractivity contribution is 5.77. The molecule has 0 amide bonds. The molecule has 1 rings (SSSR count). The largest absolute Gasteiger partial charge is 0.481 e. The molecule has 104 valence electrons. The van der Waals surface area contributed by atoms with Crippen molar-refractivity contribution < 1.29 is 19.8 Å². The fourth-order valence-corrected chi connectivity index (χ4v) is 2.36. The van der Waals surface area contributed by atoms with Gasteiger partial charge >= 0.3 is 11.9 Å². The summed E-state index contributed by atoms with van der Waals surface area (Å²) in [6.45, 7) is 5.31. The lowest BCUT2D eigenvalue weighted by Crippen LogP contribution is -2.41. The summed E-state index contributed by atoms with van der Waals surface area (Å²) in [7, 11) is 0. The summed E-state index contributed by atoms with van der Waals surface area (Å²) < 4.78 is 0. The Morgan fingerprint density at radius 3 is 2.33 bits per heavy atom. The van der Waals surface area contributed by atoms with E-state index in [-0.39, 0.29) is 18.4 Å². The molecule has 1 aliphatic rings. The highest BCUT2D eigenvalue weighted by Crippen LogP contribution is 2.41. The maximum absolute atomic E-state index is 10.9. The van der Waals surface area contributed by atoms with Gasteiger partial charge in [0.2, 0.25) is 0 Å². The van der Waals surface area contributed by atoms with Crippen LogP contribution in [0, 0.1) is 17.3 Å². The van der Waals surface area contributed by atoms with Crippen LogP contribution in [0.3, 0.4) is 0 Å². The topological polar surface area (TPSA) is 86.6 Å². The van der Waals surface area contributed by atoms with Gasteiger partial charge in [-0.1, -0.05) is 20.3 Å². The molecule has 3 N–H and O–H groups in total. The third-order valence-electron chi connectivity index (χ3n) is 3.95. The Morgan fingerprint density at radius 2 is 1.94 bits per heavy atom. The van der Waals surface area contributed by atoms with Crippen LogP contribution in [-0.4, -0.2) is 35.2 Å². The molecule has 1 fully saturated rings. The highest BCUT2D eigenvalue weighted by Gasteiger charge is 2.33. The molecule has 0 spiro atoms. The van der Waals surface area contributed by atoms with Crippen LogP contribution in [0.5, 0.6) is 0 Å². The van der Waals surface area contributed by atoms with Gasteiger partial charge in [0.1, 0.15) is 0 Å². The van der Waals surface area contributed by atoms with Gasteiger partial charge < -0.3 is 15.5 Å². The number of aliphatic carboxylic acids is 2. The van der Waals surface area contributed by atoms with E-state index in [1.807, 2.05) is 0 Å². The van der Waals surface area contributed by atoms with Crippen molar-refractivity contribution in [2.24, 2.45) is 17.3 Å². The Morgan fingerprint density at radius 1 is 1.33 bits per heavy atom. The standard InChI is InChI=1S/C13H23NO4/c1-13(2,10-4-3-5-10)8-14-7-9(12(17)18)6-11(15)16/h9-10,14H,3-8H2,1-2H3,(H,15,16)(H,17,18). The molecule has 0 radical (unpaired) electrons. The number of hydrogen-bond donors (Lipinski definition) is 3. The molecule has 18 heavy (non-hydrogen) atoms. The Labute approximate surface area is 108 Å². The van der Waals surface area contributed by atoms with Crippen molar-refractivity contribution in [2.45, 2.75) is 39.5 Å². The third-order valence-corrected chi connectivity index (χ3v) is 3.95. The minimum atomic E-state index is -1.07. The second-order valence-corrected chi connectivity index (χ2v) is 5.88. The van der Waals surface area contributed by atoms with Crippen LogP contribution in [-0.2, 0) is 9.59 Å². The van der Waals surface area contributed by atoms with Crippen molar-refractivity contribution in [2.75, 3.05) is 13.1 Å². The first-order chi connectivity index (χ1) is 8.33. The average Bonchev–Trinajstić information content (AvgIpc) is 2.11. The van der Waals surface area contributed by atoms with E-state index in [2.05, 4.69) is 19.2 Å². The monoisotopic (exact) mass is 257 g/mol. The zero-order chi connectivity index (χ0) is 13.8. The molecule has 0 heterocycles. The van der Waals surface area contributed by atoms with Crippen molar-refractivity contribution in [1.29, 1.82) is 0 Å². The van der Waals surface area contributed by atoms with Crippen molar-refractivity contribution in [3.63, 3.8) is 0 Å². The van der Waals surface area contributed by atoms with Crippen LogP contribution in [0.2, 0.25) is 0 Å². The van der Waals surface area contributed by atoms with Gasteiger partial charge in [-0.15, -0.1) is 0 Å². The predicted octanol–water partition coefficient (Wildman–Crippen LogP) is 1.58. The maximum atomic E-state index is 10.9. The molecule has 1 unspecified atom stereocenters. The molecule has 5 nitrogen and oxygen atoms in total. The number of carbonyl (C=O) groups is 2. The number of nitrogens with one attached hydrogen (secondary N) is 1. The van der Waals surface area contributed by atoms with E-state index in [0.29, 0.717) is 5.92 Å². The molecular weight excluding hydrogens is 234 g/mol. The molecule has 0 bridgehead atoms. The van der Waals surface area contributed by atoms with Crippen molar-refractivity contribution in [3.05, 3.63) is 0 Å². The highest BCUT2D eigenvalue weighted by atomic mass is 16.4. The summed E-state index contributed by atoms with van der Waals surface area (Å²) >= 11 is 0. The van der Waals surface area contributed by atoms with E-state index in [4.69, 9.17) is 10.2 Å². The Balaban J connectivity index is 2.33. The molecule has 0 aromatic rings. The Kier molecular flexibility index (Phi) is 5.14. The lowest BCUT2D eigenvalue weighted by Gasteiger charge is -2.40. The van der Waals surface area contributed by atoms with Crippen LogP contribution in [0.25, 0.3) is 0 Å². The molecule has 0 aliphatic heterocycles. The summed E-state index contributed by atoms with van der Waals surface area (Å²) in [6, 6.07) is 0. The van der Waals surface area contributed by atoms with E-state index in [1.165, 1.54) is 19.3 Å². The van der Waals surface area contributed by atoms with Gasteiger partial charge in [-0.25, -0.2) is 0 Å². The molecule has 1 aliphatic carbocycles. The van der Waals surface area contributed by atoms with E-state index >= 15 is 0 Å². The maximum Gasteiger partial charge on any atom is 0.308 e. The predicted molar refractivity (Wildman–Crippen MR) is 67.4 cm³/mol. The van der Waals surface area contributed by atoms with E-state index in [0.717, 1.165) is 6.54 Å². The molecule has 0 saturated heterocycles. The Bertz CT molecular complexity index is 310. The van der Waals surface area contributed by atoms with Crippen molar-refractivity contribution in [1.82, 2.24) is 5.32 Å². The molecular formula is C13H23NO4. The van der Waals surface area contributed by atoms with E-state index in [1.54, 1.807) is 0 Å². The van der Waals surface area contributed by atoms with E-state index < -0.39 is 17.9 Å². The van der Waals surface area contributed by atoms with Crippen LogP contribution in [0.15, 0.2) is 0 Å². The summed E-state index contributed by atoms with van der Waals surface area (Å²) in [4.78, 5) is 21.4. The number of hydrogen-bond acceptors (Lipinski definition) is 3. The van der Waals surface area contributed by atoms with Gasteiger partial charge in [0.15, 0.2) is 0 Å². The summed E-state index contributed by atoms with van der Waals surface area (Å²) in [5.74, 6) is -2.26. The second kappa shape index (κ2) is 6.18.